The van der Waals surface area contributed by atoms with Crippen molar-refractivity contribution in [3.8, 4) is 0 Å². The minimum atomic E-state index is -0.377. The summed E-state index contributed by atoms with van der Waals surface area (Å²) in [5, 5.41) is 2.97. The SMILES string of the molecule is CN(C)C1(CNC(=O)c2cccc(F)c2)CCCCC1.Cl. The lowest BCUT2D eigenvalue weighted by Gasteiger charge is -2.43. The number of benzene rings is 1. The fourth-order valence-electron chi connectivity index (χ4n) is 2.97. The van der Waals surface area contributed by atoms with Crippen molar-refractivity contribution >= 4 is 18.3 Å². The molecule has 0 unspecified atom stereocenters. The summed E-state index contributed by atoms with van der Waals surface area (Å²) in [5.74, 6) is -0.575. The van der Waals surface area contributed by atoms with Gasteiger partial charge in [0.2, 0.25) is 0 Å². The first kappa shape index (κ1) is 17.9. The van der Waals surface area contributed by atoms with Crippen LogP contribution in [0.5, 0.6) is 0 Å². The van der Waals surface area contributed by atoms with Crippen LogP contribution in [0.15, 0.2) is 24.3 Å². The summed E-state index contributed by atoms with van der Waals surface area (Å²) in [6.07, 6.45) is 5.88. The maximum absolute atomic E-state index is 13.1. The van der Waals surface area contributed by atoms with Gasteiger partial charge in [0.05, 0.1) is 0 Å². The molecule has 21 heavy (non-hydrogen) atoms. The van der Waals surface area contributed by atoms with Crippen molar-refractivity contribution in [3.63, 3.8) is 0 Å². The molecule has 0 aliphatic heterocycles. The van der Waals surface area contributed by atoms with Crippen molar-refractivity contribution in [1.29, 1.82) is 0 Å². The lowest BCUT2D eigenvalue weighted by atomic mass is 9.80. The molecule has 1 N–H and O–H groups in total. The van der Waals surface area contributed by atoms with Crippen molar-refractivity contribution in [2.45, 2.75) is 37.6 Å². The first-order valence-electron chi connectivity index (χ1n) is 7.25. The van der Waals surface area contributed by atoms with E-state index >= 15 is 0 Å². The van der Waals surface area contributed by atoms with Gasteiger partial charge >= 0.3 is 0 Å². The zero-order valence-electron chi connectivity index (χ0n) is 12.7. The predicted molar refractivity (Wildman–Crippen MR) is 85.5 cm³/mol. The summed E-state index contributed by atoms with van der Waals surface area (Å²) in [6, 6.07) is 5.83. The van der Waals surface area contributed by atoms with Gasteiger partial charge in [-0.05, 0) is 45.1 Å². The Morgan fingerprint density at radius 2 is 1.95 bits per heavy atom. The molecule has 0 aromatic heterocycles. The van der Waals surface area contributed by atoms with E-state index in [1.54, 1.807) is 12.1 Å². The summed E-state index contributed by atoms with van der Waals surface area (Å²) in [7, 11) is 4.14. The molecule has 1 aliphatic rings. The van der Waals surface area contributed by atoms with Gasteiger partial charge in [-0.25, -0.2) is 4.39 Å². The highest BCUT2D eigenvalue weighted by Gasteiger charge is 2.34. The minimum absolute atomic E-state index is 0. The first-order chi connectivity index (χ1) is 9.53. The monoisotopic (exact) mass is 314 g/mol. The highest BCUT2D eigenvalue weighted by Crippen LogP contribution is 2.31. The Labute approximate surface area is 132 Å². The summed E-state index contributed by atoms with van der Waals surface area (Å²) in [4.78, 5) is 14.3. The maximum Gasteiger partial charge on any atom is 0.251 e. The van der Waals surface area contributed by atoms with Crippen molar-refractivity contribution in [2.75, 3.05) is 20.6 Å². The molecule has 1 aliphatic carbocycles. The van der Waals surface area contributed by atoms with E-state index in [2.05, 4.69) is 24.3 Å². The third kappa shape index (κ3) is 4.42. The topological polar surface area (TPSA) is 32.3 Å². The van der Waals surface area contributed by atoms with Gasteiger partial charge in [-0.1, -0.05) is 25.3 Å². The van der Waals surface area contributed by atoms with E-state index < -0.39 is 0 Å². The molecule has 3 nitrogen and oxygen atoms in total. The van der Waals surface area contributed by atoms with Gasteiger partial charge in [0.1, 0.15) is 5.82 Å². The van der Waals surface area contributed by atoms with Crippen LogP contribution in [-0.4, -0.2) is 37.0 Å². The zero-order chi connectivity index (χ0) is 14.6. The smallest absolute Gasteiger partial charge is 0.251 e. The quantitative estimate of drug-likeness (QED) is 0.925. The van der Waals surface area contributed by atoms with Gasteiger partial charge in [0, 0.05) is 17.6 Å². The van der Waals surface area contributed by atoms with Crippen LogP contribution in [0, 0.1) is 5.82 Å². The van der Waals surface area contributed by atoms with Crippen LogP contribution in [0.1, 0.15) is 42.5 Å². The predicted octanol–water partition coefficient (Wildman–Crippen LogP) is 3.24. The van der Waals surface area contributed by atoms with Crippen LogP contribution in [-0.2, 0) is 0 Å². The standard InChI is InChI=1S/C16H23FN2O.ClH/c1-19(2)16(9-4-3-5-10-16)12-18-15(20)13-7-6-8-14(17)11-13;/h6-8,11H,3-5,9-10,12H2,1-2H3,(H,18,20);1H. The second-order valence-electron chi connectivity index (χ2n) is 5.87. The lowest BCUT2D eigenvalue weighted by Crippen LogP contribution is -2.53. The van der Waals surface area contributed by atoms with Crippen LogP contribution in [0.4, 0.5) is 4.39 Å². The Bertz CT molecular complexity index is 473. The third-order valence-corrected chi connectivity index (χ3v) is 4.40. The highest BCUT2D eigenvalue weighted by atomic mass is 35.5. The highest BCUT2D eigenvalue weighted by molar-refractivity contribution is 5.94. The molecule has 1 aromatic rings. The van der Waals surface area contributed by atoms with E-state index in [0.717, 1.165) is 12.8 Å². The number of hydrogen-bond donors (Lipinski definition) is 1. The minimum Gasteiger partial charge on any atom is -0.350 e. The molecule has 0 bridgehead atoms. The van der Waals surface area contributed by atoms with E-state index in [4.69, 9.17) is 0 Å². The maximum atomic E-state index is 13.1. The molecule has 0 saturated heterocycles. The molecule has 0 atom stereocenters. The van der Waals surface area contributed by atoms with Gasteiger partial charge in [-0.2, -0.15) is 0 Å². The Morgan fingerprint density at radius 1 is 1.29 bits per heavy atom. The van der Waals surface area contributed by atoms with Gasteiger partial charge in [-0.3, -0.25) is 4.79 Å². The van der Waals surface area contributed by atoms with E-state index in [9.17, 15) is 9.18 Å². The molecule has 1 amide bonds. The van der Waals surface area contributed by atoms with Crippen LogP contribution in [0.3, 0.4) is 0 Å². The Kier molecular flexibility index (Phi) is 6.62. The first-order valence-corrected chi connectivity index (χ1v) is 7.25. The number of nitrogens with zero attached hydrogens (tertiary/aromatic N) is 1. The summed E-state index contributed by atoms with van der Waals surface area (Å²) in [5.41, 5.74) is 0.427. The molecule has 118 valence electrons. The van der Waals surface area contributed by atoms with E-state index in [1.807, 2.05) is 0 Å². The number of nitrogens with one attached hydrogen (secondary N) is 1. The molecule has 0 heterocycles. The number of hydrogen-bond acceptors (Lipinski definition) is 2. The Balaban J connectivity index is 0.00000220. The van der Waals surface area contributed by atoms with Gasteiger partial charge in [0.25, 0.3) is 5.91 Å². The molecule has 1 aromatic carbocycles. The summed E-state index contributed by atoms with van der Waals surface area (Å²) in [6.45, 7) is 0.620. The molecule has 1 saturated carbocycles. The van der Waals surface area contributed by atoms with Gasteiger partial charge in [-0.15, -0.1) is 12.4 Å². The van der Waals surface area contributed by atoms with Crippen molar-refractivity contribution in [2.24, 2.45) is 0 Å². The number of rotatable bonds is 4. The largest absolute Gasteiger partial charge is 0.350 e. The lowest BCUT2D eigenvalue weighted by molar-refractivity contribution is 0.0799. The Morgan fingerprint density at radius 3 is 2.52 bits per heavy atom. The fourth-order valence-corrected chi connectivity index (χ4v) is 2.97. The van der Waals surface area contributed by atoms with E-state index in [-0.39, 0.29) is 29.7 Å². The summed E-state index contributed by atoms with van der Waals surface area (Å²) < 4.78 is 13.1. The van der Waals surface area contributed by atoms with Crippen LogP contribution < -0.4 is 5.32 Å². The second kappa shape index (κ2) is 7.76. The second-order valence-corrected chi connectivity index (χ2v) is 5.87. The molecule has 2 rings (SSSR count). The summed E-state index contributed by atoms with van der Waals surface area (Å²) >= 11 is 0. The molecule has 0 spiro atoms. The number of halogens is 2. The van der Waals surface area contributed by atoms with Crippen molar-refractivity contribution < 1.29 is 9.18 Å². The molecule has 0 radical (unpaired) electrons. The average Bonchev–Trinajstić information content (AvgIpc) is 2.45. The number of likely N-dealkylation sites (N-methyl/N-ethyl adjacent to an activating group) is 1. The van der Waals surface area contributed by atoms with Crippen molar-refractivity contribution in [3.05, 3.63) is 35.6 Å². The van der Waals surface area contributed by atoms with E-state index in [1.165, 1.54) is 31.4 Å². The molecular formula is C16H24ClFN2O. The zero-order valence-corrected chi connectivity index (χ0v) is 13.5. The normalized spacial score (nSPS) is 17.1. The number of carbonyl (C=O) groups is 1. The third-order valence-electron chi connectivity index (χ3n) is 4.40. The fraction of sp³-hybridized carbons (Fsp3) is 0.562. The average molecular weight is 315 g/mol. The number of amides is 1. The molecule has 1 fully saturated rings. The van der Waals surface area contributed by atoms with Gasteiger partial charge in [0.15, 0.2) is 0 Å². The van der Waals surface area contributed by atoms with Crippen molar-refractivity contribution in [1.82, 2.24) is 10.2 Å². The Hall–Kier alpha value is -1.13. The number of carbonyl (C=O) groups excluding carboxylic acids is 1. The van der Waals surface area contributed by atoms with Crippen LogP contribution >= 0.6 is 12.4 Å². The van der Waals surface area contributed by atoms with Crippen LogP contribution in [0.2, 0.25) is 0 Å². The van der Waals surface area contributed by atoms with Crippen LogP contribution in [0.25, 0.3) is 0 Å². The van der Waals surface area contributed by atoms with E-state index in [0.29, 0.717) is 12.1 Å². The molecule has 5 heteroatoms. The van der Waals surface area contributed by atoms with Gasteiger partial charge < -0.3 is 10.2 Å². The molecular weight excluding hydrogens is 291 g/mol.